The largest absolute Gasteiger partial charge is 0.356 e. The Labute approximate surface area is 98.5 Å². The Hall–Kier alpha value is -0.770. The van der Waals surface area contributed by atoms with Crippen LogP contribution in [0.4, 0.5) is 0 Å². The topological polar surface area (TPSA) is 39.7 Å². The average molecular weight is 224 g/mol. The van der Waals surface area contributed by atoms with Gasteiger partial charge in [-0.25, -0.2) is 0 Å². The molecule has 0 aliphatic carbocycles. The molecule has 2 heterocycles. The maximum Gasteiger partial charge on any atom is 0.194 e. The highest BCUT2D eigenvalue weighted by molar-refractivity contribution is 5.81. The smallest absolute Gasteiger partial charge is 0.194 e. The Bertz CT molecular complexity index is 243. The molecule has 0 saturated carbocycles. The van der Waals surface area contributed by atoms with E-state index in [1.54, 1.807) is 0 Å². The summed E-state index contributed by atoms with van der Waals surface area (Å²) in [6.45, 7) is 9.88. The van der Waals surface area contributed by atoms with Crippen molar-refractivity contribution in [3.8, 4) is 0 Å². The molecule has 2 aliphatic rings. The lowest BCUT2D eigenvalue weighted by Crippen LogP contribution is -2.45. The third kappa shape index (κ3) is 2.88. The zero-order chi connectivity index (χ0) is 11.4. The molecule has 1 saturated heterocycles. The van der Waals surface area contributed by atoms with Gasteiger partial charge in [0, 0.05) is 19.1 Å². The van der Waals surface area contributed by atoms with Crippen LogP contribution >= 0.6 is 0 Å². The van der Waals surface area contributed by atoms with Gasteiger partial charge >= 0.3 is 0 Å². The summed E-state index contributed by atoms with van der Waals surface area (Å²) < 4.78 is 0. The lowest BCUT2D eigenvalue weighted by atomic mass is 10.00. The van der Waals surface area contributed by atoms with Crippen LogP contribution in [-0.4, -0.2) is 49.6 Å². The van der Waals surface area contributed by atoms with E-state index in [0.29, 0.717) is 6.04 Å². The quantitative estimate of drug-likeness (QED) is 0.739. The molecule has 2 rings (SSSR count). The molecule has 0 aromatic carbocycles. The minimum atomic E-state index is 0.554. The monoisotopic (exact) mass is 224 g/mol. The van der Waals surface area contributed by atoms with Crippen molar-refractivity contribution in [1.82, 2.24) is 15.5 Å². The Morgan fingerprint density at radius 2 is 2.44 bits per heavy atom. The van der Waals surface area contributed by atoms with Crippen molar-refractivity contribution in [1.29, 1.82) is 0 Å². The molecule has 1 unspecified atom stereocenters. The summed E-state index contributed by atoms with van der Waals surface area (Å²) in [5, 5.41) is 6.97. The van der Waals surface area contributed by atoms with Crippen LogP contribution in [0.5, 0.6) is 0 Å². The predicted octanol–water partition coefficient (Wildman–Crippen LogP) is 0.656. The van der Waals surface area contributed by atoms with E-state index < -0.39 is 0 Å². The van der Waals surface area contributed by atoms with Gasteiger partial charge in [-0.2, -0.15) is 0 Å². The predicted molar refractivity (Wildman–Crippen MR) is 67.7 cm³/mol. The number of hydrogen-bond donors (Lipinski definition) is 2. The number of hydrogen-bond acceptors (Lipinski definition) is 4. The van der Waals surface area contributed by atoms with E-state index in [1.807, 2.05) is 0 Å². The molecule has 0 aromatic rings. The number of guanidine groups is 1. The molecule has 0 aromatic heterocycles. The third-order valence-electron chi connectivity index (χ3n) is 3.45. The van der Waals surface area contributed by atoms with Crippen molar-refractivity contribution in [2.75, 3.05) is 32.7 Å². The lowest BCUT2D eigenvalue weighted by Gasteiger charge is -2.28. The summed E-state index contributed by atoms with van der Waals surface area (Å²) in [6.07, 6.45) is 2.65. The van der Waals surface area contributed by atoms with Crippen molar-refractivity contribution in [3.63, 3.8) is 0 Å². The van der Waals surface area contributed by atoms with Gasteiger partial charge in [0.1, 0.15) is 0 Å². The van der Waals surface area contributed by atoms with Gasteiger partial charge in [-0.3, -0.25) is 4.99 Å². The Kier molecular flexibility index (Phi) is 4.04. The molecule has 4 heteroatoms. The van der Waals surface area contributed by atoms with Crippen LogP contribution in [-0.2, 0) is 0 Å². The molecule has 1 atom stereocenters. The van der Waals surface area contributed by atoms with E-state index in [2.05, 4.69) is 34.4 Å². The fourth-order valence-corrected chi connectivity index (χ4v) is 2.45. The normalized spacial score (nSPS) is 26.1. The van der Waals surface area contributed by atoms with Crippen molar-refractivity contribution >= 4 is 5.96 Å². The van der Waals surface area contributed by atoms with E-state index in [-0.39, 0.29) is 0 Å². The summed E-state index contributed by atoms with van der Waals surface area (Å²) in [6, 6.07) is 0.554. The van der Waals surface area contributed by atoms with Crippen LogP contribution in [0.15, 0.2) is 4.99 Å². The van der Waals surface area contributed by atoms with Crippen LogP contribution in [0.1, 0.15) is 26.7 Å². The minimum absolute atomic E-state index is 0.554. The van der Waals surface area contributed by atoms with Gasteiger partial charge in [-0.05, 0) is 45.7 Å². The fourth-order valence-electron chi connectivity index (χ4n) is 2.45. The highest BCUT2D eigenvalue weighted by Gasteiger charge is 2.20. The first kappa shape index (κ1) is 11.7. The zero-order valence-electron chi connectivity index (χ0n) is 10.5. The summed E-state index contributed by atoms with van der Waals surface area (Å²) in [4.78, 5) is 6.89. The number of nitrogens with one attached hydrogen (secondary N) is 2. The second kappa shape index (κ2) is 5.53. The Morgan fingerprint density at radius 1 is 1.56 bits per heavy atom. The first-order valence-electron chi connectivity index (χ1n) is 6.53. The molecule has 0 amide bonds. The second-order valence-corrected chi connectivity index (χ2v) is 5.09. The highest BCUT2D eigenvalue weighted by Crippen LogP contribution is 2.10. The van der Waals surface area contributed by atoms with Gasteiger partial charge in [0.15, 0.2) is 5.96 Å². The molecule has 2 aliphatic heterocycles. The van der Waals surface area contributed by atoms with E-state index in [0.717, 1.165) is 38.1 Å². The van der Waals surface area contributed by atoms with Gasteiger partial charge in [0.05, 0.1) is 6.54 Å². The van der Waals surface area contributed by atoms with E-state index >= 15 is 0 Å². The molecule has 16 heavy (non-hydrogen) atoms. The molecule has 4 nitrogen and oxygen atoms in total. The first-order valence-corrected chi connectivity index (χ1v) is 6.53. The van der Waals surface area contributed by atoms with Gasteiger partial charge in [0.25, 0.3) is 0 Å². The number of aliphatic imine (C=N–C) groups is 1. The van der Waals surface area contributed by atoms with E-state index in [4.69, 9.17) is 0 Å². The SMILES string of the molecule is CC(C)N1CCN=C1NCC1CCCNC1. The molecule has 1 fully saturated rings. The van der Waals surface area contributed by atoms with Crippen molar-refractivity contribution in [2.24, 2.45) is 10.9 Å². The van der Waals surface area contributed by atoms with Crippen LogP contribution in [0.25, 0.3) is 0 Å². The summed E-state index contributed by atoms with van der Waals surface area (Å²) >= 11 is 0. The molecule has 92 valence electrons. The van der Waals surface area contributed by atoms with Gasteiger partial charge in [-0.15, -0.1) is 0 Å². The van der Waals surface area contributed by atoms with Crippen LogP contribution in [0.2, 0.25) is 0 Å². The van der Waals surface area contributed by atoms with Crippen LogP contribution in [0, 0.1) is 5.92 Å². The molecule has 2 N–H and O–H groups in total. The summed E-state index contributed by atoms with van der Waals surface area (Å²) in [5.41, 5.74) is 0. The second-order valence-electron chi connectivity index (χ2n) is 5.09. The van der Waals surface area contributed by atoms with E-state index in [1.165, 1.54) is 19.4 Å². The van der Waals surface area contributed by atoms with Crippen molar-refractivity contribution in [2.45, 2.75) is 32.7 Å². The number of piperidine rings is 1. The molecule has 0 bridgehead atoms. The summed E-state index contributed by atoms with van der Waals surface area (Å²) in [7, 11) is 0. The molecular formula is C12H24N4. The average Bonchev–Trinajstić information content (AvgIpc) is 2.76. The lowest BCUT2D eigenvalue weighted by molar-refractivity contribution is 0.347. The molecule has 0 spiro atoms. The first-order chi connectivity index (χ1) is 7.77. The molecular weight excluding hydrogens is 200 g/mol. The van der Waals surface area contributed by atoms with Crippen LogP contribution < -0.4 is 10.6 Å². The standard InChI is InChI=1S/C12H24N4/c1-10(2)16-7-6-14-12(16)15-9-11-4-3-5-13-8-11/h10-11,13H,3-9H2,1-2H3,(H,14,15). The van der Waals surface area contributed by atoms with Gasteiger partial charge < -0.3 is 15.5 Å². The minimum Gasteiger partial charge on any atom is -0.356 e. The molecule has 0 radical (unpaired) electrons. The Morgan fingerprint density at radius 3 is 3.12 bits per heavy atom. The highest BCUT2D eigenvalue weighted by atomic mass is 15.3. The van der Waals surface area contributed by atoms with Gasteiger partial charge in [-0.1, -0.05) is 0 Å². The fraction of sp³-hybridized carbons (Fsp3) is 0.917. The van der Waals surface area contributed by atoms with Crippen LogP contribution in [0.3, 0.4) is 0 Å². The third-order valence-corrected chi connectivity index (χ3v) is 3.45. The number of nitrogens with zero attached hydrogens (tertiary/aromatic N) is 2. The maximum absolute atomic E-state index is 4.53. The van der Waals surface area contributed by atoms with Gasteiger partial charge in [0.2, 0.25) is 0 Å². The Balaban J connectivity index is 1.76. The number of rotatable bonds is 3. The maximum atomic E-state index is 4.53. The van der Waals surface area contributed by atoms with E-state index in [9.17, 15) is 0 Å². The zero-order valence-corrected chi connectivity index (χ0v) is 10.5. The summed E-state index contributed by atoms with van der Waals surface area (Å²) in [5.74, 6) is 1.88. The van der Waals surface area contributed by atoms with Crippen molar-refractivity contribution < 1.29 is 0 Å². The van der Waals surface area contributed by atoms with Crippen molar-refractivity contribution in [3.05, 3.63) is 0 Å².